The first-order valence-corrected chi connectivity index (χ1v) is 20.8. The quantitative estimate of drug-likeness (QED) is 0.0600. The van der Waals surface area contributed by atoms with E-state index < -0.39 is 25.8 Å². The topological polar surface area (TPSA) is 83.1 Å². The summed E-state index contributed by atoms with van der Waals surface area (Å²) in [5.41, 5.74) is 0. The van der Waals surface area contributed by atoms with Gasteiger partial charge < -0.3 is 40.7 Å². The molecular weight excluding hydrogens is 698 g/mol. The van der Waals surface area contributed by atoms with Gasteiger partial charge in [-0.25, -0.2) is 0 Å². The van der Waals surface area contributed by atoms with E-state index in [2.05, 4.69) is 72.0 Å². The van der Waals surface area contributed by atoms with Gasteiger partial charge in [0, 0.05) is 0 Å². The van der Waals surface area contributed by atoms with Crippen LogP contribution in [0.4, 0.5) is 0 Å². The Balaban J connectivity index is -0.000000243. The van der Waals surface area contributed by atoms with E-state index in [0.29, 0.717) is 0 Å². The SMILES string of the molecule is CCCOP(OCCC)OCCC.CCCOP(OCCC)OCCC.CCCOP(OCCC)OCCC.[Cl][Ru]. The van der Waals surface area contributed by atoms with E-state index in [9.17, 15) is 0 Å². The van der Waals surface area contributed by atoms with Crippen LogP contribution in [-0.2, 0) is 58.0 Å². The molecule has 0 unspecified atom stereocenters. The van der Waals surface area contributed by atoms with Crippen LogP contribution in [0.25, 0.3) is 0 Å². The zero-order valence-electron chi connectivity index (χ0n) is 27.5. The Labute approximate surface area is 272 Å². The molecule has 0 aliphatic carbocycles. The molecule has 0 radical (unpaired) electrons. The van der Waals surface area contributed by atoms with Crippen LogP contribution < -0.4 is 0 Å². The van der Waals surface area contributed by atoms with Gasteiger partial charge in [0.15, 0.2) is 0 Å². The fourth-order valence-electron chi connectivity index (χ4n) is 1.83. The summed E-state index contributed by atoms with van der Waals surface area (Å²) in [6, 6.07) is 0. The van der Waals surface area contributed by atoms with Crippen molar-refractivity contribution in [2.45, 2.75) is 120 Å². The minimum absolute atomic E-state index is 0.721. The summed E-state index contributed by atoms with van der Waals surface area (Å²) in [5.74, 6) is 0. The Morgan fingerprint density at radius 1 is 0.293 bits per heavy atom. The Kier molecular flexibility index (Phi) is 59.1. The third-order valence-electron chi connectivity index (χ3n) is 3.61. The molecule has 9 nitrogen and oxygen atoms in total. The molecule has 0 atom stereocenters. The molecule has 0 aromatic rings. The molecule has 0 N–H and O–H groups in total. The van der Waals surface area contributed by atoms with Crippen molar-refractivity contribution in [3.8, 4) is 0 Å². The fourth-order valence-corrected chi connectivity index (χ4v) is 5.48. The molecule has 0 saturated carbocycles. The monoisotopic (exact) mass is 761 g/mol. The zero-order valence-corrected chi connectivity index (χ0v) is 32.7. The van der Waals surface area contributed by atoms with E-state index in [1.165, 1.54) is 0 Å². The van der Waals surface area contributed by atoms with Gasteiger partial charge in [0.25, 0.3) is 0 Å². The van der Waals surface area contributed by atoms with Gasteiger partial charge in [-0.05, 0) is 57.8 Å². The van der Waals surface area contributed by atoms with Crippen LogP contribution in [0, 0.1) is 0 Å². The van der Waals surface area contributed by atoms with Crippen LogP contribution in [0.15, 0.2) is 0 Å². The van der Waals surface area contributed by atoms with E-state index >= 15 is 0 Å². The molecule has 0 bridgehead atoms. The maximum absolute atomic E-state index is 5.42. The summed E-state index contributed by atoms with van der Waals surface area (Å²) in [7, 11) is 1.33. The summed E-state index contributed by atoms with van der Waals surface area (Å²) < 4.78 is 48.7. The molecule has 0 aromatic heterocycles. The van der Waals surface area contributed by atoms with Crippen LogP contribution in [0.3, 0.4) is 0 Å². The van der Waals surface area contributed by atoms with Gasteiger partial charge >= 0.3 is 52.8 Å². The van der Waals surface area contributed by atoms with Crippen molar-refractivity contribution in [3.05, 3.63) is 0 Å². The van der Waals surface area contributed by atoms with Crippen LogP contribution in [0.1, 0.15) is 120 Å². The second-order valence-corrected chi connectivity index (χ2v) is 11.8. The fraction of sp³-hybridized carbons (Fsp3) is 1.00. The first-order valence-electron chi connectivity index (χ1n) is 15.2. The summed E-state index contributed by atoms with van der Waals surface area (Å²) in [4.78, 5) is 0. The summed E-state index contributed by atoms with van der Waals surface area (Å²) >= 11 is 1.82. The Morgan fingerprint density at radius 3 is 0.463 bits per heavy atom. The first kappa shape index (κ1) is 49.7. The van der Waals surface area contributed by atoms with Gasteiger partial charge in [0.05, 0.1) is 59.5 Å². The average molecular weight is 761 g/mol. The molecule has 0 amide bonds. The van der Waals surface area contributed by atoms with E-state index in [0.717, 1.165) is 117 Å². The van der Waals surface area contributed by atoms with Crippen molar-refractivity contribution in [1.29, 1.82) is 0 Å². The number of hydrogen-bond donors (Lipinski definition) is 0. The van der Waals surface area contributed by atoms with Gasteiger partial charge in [-0.15, -0.1) is 0 Å². The van der Waals surface area contributed by atoms with E-state index in [1.54, 1.807) is 0 Å². The van der Waals surface area contributed by atoms with Crippen LogP contribution in [-0.4, -0.2) is 59.5 Å². The van der Waals surface area contributed by atoms with Crippen molar-refractivity contribution < 1.29 is 58.0 Å². The molecule has 0 aromatic carbocycles. The minimum atomic E-state index is -1.08. The maximum atomic E-state index is 5.42. The predicted molar refractivity (Wildman–Crippen MR) is 173 cm³/mol. The molecule has 0 fully saturated rings. The third-order valence-corrected chi connectivity index (χ3v) is 7.15. The molecule has 0 aliphatic heterocycles. The average Bonchev–Trinajstić information content (AvgIpc) is 3.01. The Hall–Kier alpha value is 1.84. The van der Waals surface area contributed by atoms with Gasteiger partial charge in [0.1, 0.15) is 0 Å². The zero-order chi connectivity index (χ0) is 31.8. The van der Waals surface area contributed by atoms with Gasteiger partial charge in [-0.3, -0.25) is 0 Å². The molecule has 0 rings (SSSR count). The van der Waals surface area contributed by atoms with Crippen molar-refractivity contribution in [2.24, 2.45) is 0 Å². The second kappa shape index (κ2) is 48.7. The standard InChI is InChI=1S/3C9H21O3P.ClH.Ru/c3*1-4-7-10-13(11-8-5-2)12-9-6-3;;/h3*4-9H2,1-3H3;1H;/q;;;;+1/p-1. The predicted octanol–water partition coefficient (Wildman–Crippen LogP) is 11.2. The molecule has 255 valence electrons. The van der Waals surface area contributed by atoms with Crippen LogP contribution in [0.5, 0.6) is 0 Å². The number of halogens is 1. The Bertz CT molecular complexity index is 316. The number of hydrogen-bond acceptors (Lipinski definition) is 9. The van der Waals surface area contributed by atoms with E-state index in [4.69, 9.17) is 40.7 Å². The van der Waals surface area contributed by atoms with Crippen molar-refractivity contribution in [3.63, 3.8) is 0 Å². The molecule has 41 heavy (non-hydrogen) atoms. The van der Waals surface area contributed by atoms with E-state index in [-0.39, 0.29) is 0 Å². The van der Waals surface area contributed by atoms with E-state index in [1.807, 2.05) is 17.3 Å². The van der Waals surface area contributed by atoms with Crippen molar-refractivity contribution in [2.75, 3.05) is 59.5 Å². The van der Waals surface area contributed by atoms with Crippen molar-refractivity contribution >= 4 is 35.5 Å². The van der Waals surface area contributed by atoms with Crippen LogP contribution >= 0.6 is 35.5 Å². The summed E-state index contributed by atoms with van der Waals surface area (Å²) in [6.07, 6.45) is 9.03. The van der Waals surface area contributed by atoms with Gasteiger partial charge in [-0.1, -0.05) is 62.3 Å². The summed E-state index contributed by atoms with van der Waals surface area (Å²) in [6.45, 7) is 25.2. The second-order valence-electron chi connectivity index (χ2n) is 8.17. The normalized spacial score (nSPS) is 10.7. The molecule has 0 heterocycles. The summed E-state index contributed by atoms with van der Waals surface area (Å²) in [5, 5.41) is 0. The third kappa shape index (κ3) is 46.4. The van der Waals surface area contributed by atoms with Crippen LogP contribution in [0.2, 0.25) is 0 Å². The molecule has 0 spiro atoms. The first-order chi connectivity index (χ1) is 20.0. The molecule has 14 heteroatoms. The van der Waals surface area contributed by atoms with Gasteiger partial charge in [0.2, 0.25) is 0 Å². The van der Waals surface area contributed by atoms with Crippen molar-refractivity contribution in [1.82, 2.24) is 0 Å². The molecular formula is C27H63ClO9P3Ru. The Morgan fingerprint density at radius 2 is 0.390 bits per heavy atom. The van der Waals surface area contributed by atoms with Gasteiger partial charge in [-0.2, -0.15) is 0 Å². The number of rotatable bonds is 27. The molecule has 0 saturated heterocycles. The molecule has 0 aliphatic rings.